The fourth-order valence-corrected chi connectivity index (χ4v) is 2.48. The van der Waals surface area contributed by atoms with Gasteiger partial charge >= 0.3 is 5.69 Å². The Morgan fingerprint density at radius 2 is 2.12 bits per heavy atom. The Kier molecular flexibility index (Phi) is 5.04. The minimum Gasteiger partial charge on any atom is -0.492 e. The molecule has 0 bridgehead atoms. The lowest BCUT2D eigenvalue weighted by Gasteiger charge is -2.17. The zero-order valence-corrected chi connectivity index (χ0v) is 14.4. The number of hydrogen-bond donors (Lipinski definition) is 0. The Hall–Kier alpha value is -2.80. The molecule has 0 aliphatic rings. The second-order valence-electron chi connectivity index (χ2n) is 5.49. The smallest absolute Gasteiger partial charge is 0.350 e. The molecule has 0 atom stereocenters. The highest BCUT2D eigenvalue weighted by atomic mass is 35.5. The Morgan fingerprint density at radius 1 is 1.28 bits per heavy atom. The molecule has 0 aliphatic heterocycles. The van der Waals surface area contributed by atoms with E-state index in [1.807, 2.05) is 0 Å². The van der Waals surface area contributed by atoms with Crippen molar-refractivity contribution in [3.8, 4) is 5.75 Å². The summed E-state index contributed by atoms with van der Waals surface area (Å²) in [4.78, 5) is 26.0. The molecule has 0 spiro atoms. The van der Waals surface area contributed by atoms with Gasteiger partial charge in [-0.05, 0) is 30.3 Å². The van der Waals surface area contributed by atoms with Gasteiger partial charge in [-0.25, -0.2) is 9.48 Å². The fraction of sp³-hybridized carbons (Fsp3) is 0.235. The Bertz CT molecular complexity index is 950. The second kappa shape index (κ2) is 7.40. The monoisotopic (exact) mass is 360 g/mol. The van der Waals surface area contributed by atoms with Crippen molar-refractivity contribution in [1.29, 1.82) is 0 Å². The van der Waals surface area contributed by atoms with Crippen LogP contribution in [0, 0.1) is 0 Å². The fourth-order valence-electron chi connectivity index (χ4n) is 2.30. The molecule has 0 fully saturated rings. The summed E-state index contributed by atoms with van der Waals surface area (Å²) in [6.45, 7) is 0.588. The first-order valence-corrected chi connectivity index (χ1v) is 8.09. The van der Waals surface area contributed by atoms with Crippen LogP contribution in [0.1, 0.15) is 0 Å². The average Bonchev–Trinajstić information content (AvgIpc) is 2.91. The van der Waals surface area contributed by atoms with Crippen LogP contribution in [0.3, 0.4) is 0 Å². The zero-order valence-electron chi connectivity index (χ0n) is 13.6. The molecule has 0 N–H and O–H groups in total. The van der Waals surface area contributed by atoms with Crippen LogP contribution in [-0.4, -0.2) is 45.2 Å². The normalized spacial score (nSPS) is 10.8. The molecule has 2 aromatic heterocycles. The lowest BCUT2D eigenvalue weighted by molar-refractivity contribution is -0.131. The van der Waals surface area contributed by atoms with Crippen LogP contribution < -0.4 is 10.4 Å². The summed E-state index contributed by atoms with van der Waals surface area (Å²) in [5, 5.41) is 4.74. The second-order valence-corrected chi connectivity index (χ2v) is 5.93. The number of likely N-dealkylation sites (N-methyl/N-ethyl adjacent to an activating group) is 1. The van der Waals surface area contributed by atoms with Gasteiger partial charge in [0.2, 0.25) is 5.91 Å². The molecule has 25 heavy (non-hydrogen) atoms. The molecule has 8 heteroatoms. The van der Waals surface area contributed by atoms with E-state index in [2.05, 4.69) is 5.10 Å². The van der Waals surface area contributed by atoms with Gasteiger partial charge in [-0.3, -0.25) is 9.20 Å². The van der Waals surface area contributed by atoms with Crippen LogP contribution in [-0.2, 0) is 11.3 Å². The predicted octanol–water partition coefficient (Wildman–Crippen LogP) is 1.69. The van der Waals surface area contributed by atoms with E-state index in [9.17, 15) is 9.59 Å². The molecule has 0 saturated carbocycles. The molecular weight excluding hydrogens is 344 g/mol. The quantitative estimate of drug-likeness (QED) is 0.670. The van der Waals surface area contributed by atoms with Crippen molar-refractivity contribution in [3.63, 3.8) is 0 Å². The largest absolute Gasteiger partial charge is 0.492 e. The minimum absolute atomic E-state index is 0.117. The third-order valence-corrected chi connectivity index (χ3v) is 3.93. The van der Waals surface area contributed by atoms with E-state index in [1.54, 1.807) is 55.7 Å². The summed E-state index contributed by atoms with van der Waals surface area (Å²) >= 11 is 5.89. The topological polar surface area (TPSA) is 68.8 Å². The van der Waals surface area contributed by atoms with Gasteiger partial charge < -0.3 is 9.64 Å². The number of rotatable bonds is 6. The highest BCUT2D eigenvalue weighted by molar-refractivity contribution is 6.30. The van der Waals surface area contributed by atoms with Crippen LogP contribution in [0.2, 0.25) is 5.02 Å². The van der Waals surface area contributed by atoms with Gasteiger partial charge in [-0.1, -0.05) is 23.7 Å². The number of amides is 1. The van der Waals surface area contributed by atoms with E-state index in [4.69, 9.17) is 16.3 Å². The summed E-state index contributed by atoms with van der Waals surface area (Å²) in [6, 6.07) is 12.3. The maximum atomic E-state index is 12.3. The molecule has 0 aliphatic carbocycles. The van der Waals surface area contributed by atoms with E-state index >= 15 is 0 Å². The van der Waals surface area contributed by atoms with E-state index < -0.39 is 0 Å². The number of carbonyl (C=O) groups is 1. The van der Waals surface area contributed by atoms with Crippen LogP contribution in [0.5, 0.6) is 5.75 Å². The van der Waals surface area contributed by atoms with Gasteiger partial charge in [0.25, 0.3) is 0 Å². The van der Waals surface area contributed by atoms with Gasteiger partial charge in [0.15, 0.2) is 5.65 Å². The summed E-state index contributed by atoms with van der Waals surface area (Å²) in [5.41, 5.74) is 0.166. The van der Waals surface area contributed by atoms with Crippen LogP contribution in [0.4, 0.5) is 0 Å². The number of halogens is 1. The number of pyridine rings is 1. The Morgan fingerprint density at radius 3 is 2.88 bits per heavy atom. The van der Waals surface area contributed by atoms with Gasteiger partial charge in [0.05, 0.1) is 6.54 Å². The van der Waals surface area contributed by atoms with Crippen molar-refractivity contribution in [3.05, 3.63) is 64.2 Å². The molecule has 0 radical (unpaired) electrons. The molecular formula is C17H17ClN4O3. The van der Waals surface area contributed by atoms with E-state index in [0.29, 0.717) is 29.6 Å². The third kappa shape index (κ3) is 4.00. The molecule has 3 aromatic rings. The Labute approximate surface area is 149 Å². The highest BCUT2D eigenvalue weighted by Gasteiger charge is 2.14. The molecule has 2 heterocycles. The first-order valence-electron chi connectivity index (χ1n) is 7.71. The first-order chi connectivity index (χ1) is 12.0. The van der Waals surface area contributed by atoms with Crippen LogP contribution in [0.25, 0.3) is 5.65 Å². The van der Waals surface area contributed by atoms with Crippen molar-refractivity contribution in [2.45, 2.75) is 6.54 Å². The van der Waals surface area contributed by atoms with Gasteiger partial charge in [-0.15, -0.1) is 5.10 Å². The maximum Gasteiger partial charge on any atom is 0.350 e. The van der Waals surface area contributed by atoms with Crippen LogP contribution >= 0.6 is 11.6 Å². The van der Waals surface area contributed by atoms with E-state index in [1.165, 1.54) is 9.30 Å². The average molecular weight is 361 g/mol. The maximum absolute atomic E-state index is 12.3. The van der Waals surface area contributed by atoms with Crippen molar-refractivity contribution >= 4 is 23.2 Å². The van der Waals surface area contributed by atoms with Gasteiger partial charge in [0, 0.05) is 18.3 Å². The van der Waals surface area contributed by atoms with Gasteiger partial charge in [-0.2, -0.15) is 0 Å². The summed E-state index contributed by atoms with van der Waals surface area (Å²) in [7, 11) is 1.66. The molecule has 0 unspecified atom stereocenters. The van der Waals surface area contributed by atoms with E-state index in [0.717, 1.165) is 4.68 Å². The van der Waals surface area contributed by atoms with Crippen LogP contribution in [0.15, 0.2) is 53.5 Å². The number of ether oxygens (including phenoxy) is 1. The summed E-state index contributed by atoms with van der Waals surface area (Å²) in [6.07, 6.45) is 1.62. The number of fused-ring (bicyclic) bond motifs is 1. The van der Waals surface area contributed by atoms with Crippen molar-refractivity contribution in [2.75, 3.05) is 20.2 Å². The number of benzene rings is 1. The Balaban J connectivity index is 1.57. The van der Waals surface area contributed by atoms with Crippen molar-refractivity contribution in [2.24, 2.45) is 0 Å². The SMILES string of the molecule is CN(CCOc1cccc(Cl)c1)C(=O)Cn1nc2ccccn2c1=O. The first kappa shape index (κ1) is 17.0. The van der Waals surface area contributed by atoms with E-state index in [-0.39, 0.29) is 18.1 Å². The lowest BCUT2D eigenvalue weighted by atomic mass is 10.3. The molecule has 3 rings (SSSR count). The summed E-state index contributed by atoms with van der Waals surface area (Å²) < 4.78 is 8.12. The highest BCUT2D eigenvalue weighted by Crippen LogP contribution is 2.16. The molecule has 1 amide bonds. The predicted molar refractivity (Wildman–Crippen MR) is 94.0 cm³/mol. The molecule has 7 nitrogen and oxygen atoms in total. The minimum atomic E-state index is -0.340. The van der Waals surface area contributed by atoms with Gasteiger partial charge in [0.1, 0.15) is 18.9 Å². The molecule has 1 aromatic carbocycles. The van der Waals surface area contributed by atoms with Crippen molar-refractivity contribution < 1.29 is 9.53 Å². The standard InChI is InChI=1S/C17H17ClN4O3/c1-20(9-10-25-14-6-4-5-13(18)11-14)16(23)12-22-17(24)21-8-3-2-7-15(21)19-22/h2-8,11H,9-10,12H2,1H3. The lowest BCUT2D eigenvalue weighted by Crippen LogP contribution is -2.36. The summed E-state index contributed by atoms with van der Waals surface area (Å²) in [5.74, 6) is 0.421. The zero-order chi connectivity index (χ0) is 17.8. The molecule has 130 valence electrons. The number of nitrogens with zero attached hydrogens (tertiary/aromatic N) is 4. The number of carbonyl (C=O) groups excluding carboxylic acids is 1. The van der Waals surface area contributed by atoms with Crippen molar-refractivity contribution in [1.82, 2.24) is 19.1 Å². The number of aromatic nitrogens is 3. The molecule has 0 saturated heterocycles. The number of hydrogen-bond acceptors (Lipinski definition) is 4. The third-order valence-electron chi connectivity index (χ3n) is 3.69.